The van der Waals surface area contributed by atoms with Gasteiger partial charge in [-0.05, 0) is 56.2 Å². The van der Waals surface area contributed by atoms with E-state index in [9.17, 15) is 19.7 Å². The lowest BCUT2D eigenvalue weighted by Crippen LogP contribution is -2.38. The fourth-order valence-electron chi connectivity index (χ4n) is 2.96. The number of amides is 2. The summed E-state index contributed by atoms with van der Waals surface area (Å²) in [5.41, 5.74) is 2.07. The number of nitro benzene ring substituents is 1. The summed E-state index contributed by atoms with van der Waals surface area (Å²) < 4.78 is 0. The maximum atomic E-state index is 12.9. The highest BCUT2D eigenvalue weighted by molar-refractivity contribution is 6.37. The van der Waals surface area contributed by atoms with Gasteiger partial charge in [0.1, 0.15) is 5.70 Å². The van der Waals surface area contributed by atoms with Crippen LogP contribution in [-0.2, 0) is 9.59 Å². The van der Waals surface area contributed by atoms with Gasteiger partial charge in [-0.15, -0.1) is 0 Å². The van der Waals surface area contributed by atoms with E-state index in [0.717, 1.165) is 10.5 Å². The second-order valence-corrected chi connectivity index (χ2v) is 7.12. The number of aryl methyl sites for hydroxylation is 1. The molecule has 0 atom stereocenters. The van der Waals surface area contributed by atoms with Gasteiger partial charge in [-0.2, -0.15) is 0 Å². The highest BCUT2D eigenvalue weighted by atomic mass is 35.5. The zero-order chi connectivity index (χ0) is 20.6. The molecule has 1 heterocycles. The topological polar surface area (TPSA) is 92.6 Å². The maximum Gasteiger partial charge on any atom is 0.278 e. The number of hydrogen-bond donors (Lipinski definition) is 1. The summed E-state index contributed by atoms with van der Waals surface area (Å²) in [4.78, 5) is 37.4. The summed E-state index contributed by atoms with van der Waals surface area (Å²) in [5.74, 6) is -0.903. The monoisotopic (exact) mass is 399 g/mol. The molecule has 0 aromatic heterocycles. The molecule has 1 aliphatic rings. The summed E-state index contributed by atoms with van der Waals surface area (Å²) in [7, 11) is 0. The Hall–Kier alpha value is -3.19. The van der Waals surface area contributed by atoms with Gasteiger partial charge in [-0.3, -0.25) is 24.6 Å². The third kappa shape index (κ3) is 3.48. The molecule has 0 bridgehead atoms. The Morgan fingerprint density at radius 2 is 1.71 bits per heavy atom. The molecule has 2 aromatic rings. The lowest BCUT2D eigenvalue weighted by molar-refractivity contribution is -0.384. The van der Waals surface area contributed by atoms with Gasteiger partial charge < -0.3 is 5.32 Å². The highest BCUT2D eigenvalue weighted by Crippen LogP contribution is 2.33. The van der Waals surface area contributed by atoms with E-state index < -0.39 is 16.7 Å². The Kier molecular flexibility index (Phi) is 5.20. The van der Waals surface area contributed by atoms with E-state index in [1.54, 1.807) is 32.0 Å². The Bertz CT molecular complexity index is 1010. The van der Waals surface area contributed by atoms with E-state index in [0.29, 0.717) is 16.3 Å². The minimum Gasteiger partial charge on any atom is -0.350 e. The van der Waals surface area contributed by atoms with Crippen LogP contribution in [0.2, 0.25) is 5.02 Å². The molecule has 0 radical (unpaired) electrons. The zero-order valence-electron chi connectivity index (χ0n) is 15.5. The number of nitro groups is 1. The van der Waals surface area contributed by atoms with E-state index in [1.807, 2.05) is 6.92 Å². The van der Waals surface area contributed by atoms with E-state index in [4.69, 9.17) is 11.6 Å². The molecule has 7 nitrogen and oxygen atoms in total. The number of rotatable bonds is 5. The van der Waals surface area contributed by atoms with Crippen molar-refractivity contribution in [2.24, 2.45) is 0 Å². The van der Waals surface area contributed by atoms with Crippen molar-refractivity contribution < 1.29 is 14.5 Å². The van der Waals surface area contributed by atoms with Crippen molar-refractivity contribution >= 4 is 40.4 Å². The van der Waals surface area contributed by atoms with Crippen LogP contribution in [-0.4, -0.2) is 27.7 Å². The standard InChI is InChI=1S/C20H18ClN3O4/c1-11(2)23-19(25)17(13-5-8-15(9-6-13)24(27)28)18(20(23)26)22-14-7-4-12(3)16(21)10-14/h4-11,22H,1-3H3. The number of nitrogens with zero attached hydrogens (tertiary/aromatic N) is 2. The van der Waals surface area contributed by atoms with Crippen LogP contribution in [0.3, 0.4) is 0 Å². The predicted molar refractivity (Wildman–Crippen MR) is 107 cm³/mol. The first-order valence-corrected chi connectivity index (χ1v) is 8.98. The Morgan fingerprint density at radius 3 is 2.25 bits per heavy atom. The summed E-state index contributed by atoms with van der Waals surface area (Å²) in [5, 5.41) is 14.4. The van der Waals surface area contributed by atoms with Gasteiger partial charge >= 0.3 is 0 Å². The number of nitrogens with one attached hydrogen (secondary N) is 1. The molecular formula is C20H18ClN3O4. The van der Waals surface area contributed by atoms with Crippen LogP contribution in [0.25, 0.3) is 5.57 Å². The average molecular weight is 400 g/mol. The minimum atomic E-state index is -0.520. The van der Waals surface area contributed by atoms with Crippen molar-refractivity contribution in [3.63, 3.8) is 0 Å². The molecule has 0 fully saturated rings. The van der Waals surface area contributed by atoms with Gasteiger partial charge in [0.15, 0.2) is 0 Å². The van der Waals surface area contributed by atoms with Gasteiger partial charge in [-0.25, -0.2) is 0 Å². The summed E-state index contributed by atoms with van der Waals surface area (Å²) >= 11 is 6.16. The Morgan fingerprint density at radius 1 is 1.07 bits per heavy atom. The summed E-state index contributed by atoms with van der Waals surface area (Å²) in [6.07, 6.45) is 0. The normalized spacial score (nSPS) is 14.2. The number of non-ortho nitro benzene ring substituents is 1. The number of carbonyl (C=O) groups excluding carboxylic acids is 2. The molecule has 0 aliphatic carbocycles. The number of halogens is 1. The van der Waals surface area contributed by atoms with Crippen LogP contribution in [0.15, 0.2) is 48.2 Å². The van der Waals surface area contributed by atoms with Crippen LogP contribution in [0, 0.1) is 17.0 Å². The summed E-state index contributed by atoms with van der Waals surface area (Å²) in [6.45, 7) is 5.35. The van der Waals surface area contributed by atoms with Crippen molar-refractivity contribution in [1.82, 2.24) is 4.90 Å². The van der Waals surface area contributed by atoms with Crippen molar-refractivity contribution in [1.29, 1.82) is 0 Å². The van der Waals surface area contributed by atoms with Crippen molar-refractivity contribution in [3.8, 4) is 0 Å². The van der Waals surface area contributed by atoms with E-state index in [-0.39, 0.29) is 23.0 Å². The largest absolute Gasteiger partial charge is 0.350 e. The number of anilines is 1. The van der Waals surface area contributed by atoms with E-state index in [2.05, 4.69) is 5.32 Å². The quantitative estimate of drug-likeness (QED) is 0.463. The smallest absolute Gasteiger partial charge is 0.278 e. The molecule has 2 amide bonds. The molecule has 28 heavy (non-hydrogen) atoms. The first-order chi connectivity index (χ1) is 13.2. The second kappa shape index (κ2) is 7.44. The van der Waals surface area contributed by atoms with Gasteiger partial charge in [-0.1, -0.05) is 17.7 Å². The number of hydrogen-bond acceptors (Lipinski definition) is 5. The molecule has 1 N–H and O–H groups in total. The average Bonchev–Trinajstić information content (AvgIpc) is 2.88. The molecule has 0 saturated carbocycles. The molecule has 0 unspecified atom stereocenters. The van der Waals surface area contributed by atoms with Crippen LogP contribution in [0.5, 0.6) is 0 Å². The van der Waals surface area contributed by atoms with Crippen molar-refractivity contribution in [3.05, 3.63) is 74.4 Å². The first kappa shape index (κ1) is 19.6. The van der Waals surface area contributed by atoms with Gasteiger partial charge in [0.2, 0.25) is 0 Å². The first-order valence-electron chi connectivity index (χ1n) is 8.61. The molecule has 3 rings (SSSR count). The van der Waals surface area contributed by atoms with E-state index in [1.165, 1.54) is 24.3 Å². The Balaban J connectivity index is 2.09. The highest BCUT2D eigenvalue weighted by Gasteiger charge is 2.40. The second-order valence-electron chi connectivity index (χ2n) is 6.72. The lowest BCUT2D eigenvalue weighted by atomic mass is 10.0. The number of imide groups is 1. The van der Waals surface area contributed by atoms with Gasteiger partial charge in [0, 0.05) is 28.9 Å². The predicted octanol–water partition coefficient (Wildman–Crippen LogP) is 4.16. The summed E-state index contributed by atoms with van der Waals surface area (Å²) in [6, 6.07) is 10.4. The van der Waals surface area contributed by atoms with E-state index >= 15 is 0 Å². The van der Waals surface area contributed by atoms with Crippen molar-refractivity contribution in [2.75, 3.05) is 5.32 Å². The molecule has 144 valence electrons. The molecule has 2 aromatic carbocycles. The SMILES string of the molecule is Cc1ccc(NC2=C(c3ccc([N+](=O)[O-])cc3)C(=O)N(C(C)C)C2=O)cc1Cl. The molecule has 8 heteroatoms. The van der Waals surface area contributed by atoms with Gasteiger partial charge in [0.05, 0.1) is 10.5 Å². The fraction of sp³-hybridized carbons (Fsp3) is 0.200. The molecule has 0 spiro atoms. The molecular weight excluding hydrogens is 382 g/mol. The van der Waals surface area contributed by atoms with Crippen molar-refractivity contribution in [2.45, 2.75) is 26.8 Å². The third-order valence-electron chi connectivity index (χ3n) is 4.44. The number of benzene rings is 2. The maximum absolute atomic E-state index is 12.9. The van der Waals surface area contributed by atoms with Crippen LogP contribution in [0.4, 0.5) is 11.4 Å². The minimum absolute atomic E-state index is 0.0957. The van der Waals surface area contributed by atoms with Gasteiger partial charge in [0.25, 0.3) is 17.5 Å². The molecule has 1 aliphatic heterocycles. The number of carbonyl (C=O) groups is 2. The fourth-order valence-corrected chi connectivity index (χ4v) is 3.15. The van der Waals surface area contributed by atoms with Crippen LogP contribution < -0.4 is 5.32 Å². The molecule has 0 saturated heterocycles. The van der Waals surface area contributed by atoms with Crippen LogP contribution in [0.1, 0.15) is 25.0 Å². The third-order valence-corrected chi connectivity index (χ3v) is 4.85. The Labute approximate surface area is 166 Å². The zero-order valence-corrected chi connectivity index (χ0v) is 16.3. The van der Waals surface area contributed by atoms with Crippen LogP contribution >= 0.6 is 11.6 Å². The lowest BCUT2D eigenvalue weighted by Gasteiger charge is -2.19.